The molecule has 1 aliphatic heterocycles. The molecule has 6 N–H and O–H groups in total. The molecule has 4 amide bonds. The number of ether oxygens (including phenoxy) is 1. The monoisotopic (exact) mass is 1080 g/mol. The number of aromatic nitrogens is 1. The number of hydrazone groups is 1. The Balaban J connectivity index is 0.727. The molecule has 3 heterocycles. The maximum absolute atomic E-state index is 14.1. The van der Waals surface area contributed by atoms with E-state index in [4.69, 9.17) is 4.74 Å². The van der Waals surface area contributed by atoms with Crippen LogP contribution < -0.4 is 20.8 Å². The molecule has 0 aliphatic carbocycles. The number of likely N-dealkylation sites (tertiary alicyclic amines) is 1. The number of nitrogens with one attached hydrogen (secondary N) is 3. The third-order valence-corrected chi connectivity index (χ3v) is 15.8. The van der Waals surface area contributed by atoms with E-state index in [1.165, 1.54) is 28.5 Å². The van der Waals surface area contributed by atoms with Crippen molar-refractivity contribution in [2.75, 3.05) is 13.2 Å². The number of hydrogen-bond acceptors (Lipinski definition) is 13. The number of fused-ring (bicyclic) bond motifs is 1. The lowest BCUT2D eigenvalue weighted by Crippen LogP contribution is -2.57. The van der Waals surface area contributed by atoms with Gasteiger partial charge >= 0.3 is 0 Å². The smallest absolute Gasteiger partial charge is 0.271 e. The standard InChI is InChI=1S/C60H64N6O9S2/c1-36(39-14-18-41(19-15-39)54-37(2)61-35-76-54)63-58(73)49-31-46(69)34-66(49)59(74)56(60(3,4)5)64-51(70)11-9-7-6-8-10-30-75-47-27-12-38(13-28-47)33-62-65-57(72)43-20-16-40(17-21-43)53(71)52-48-29-26-45(68)32-50(48)77-55(52)42-22-24-44(67)25-23-42/h12-29,32-33,35-36,46,49,56,67-69H,6-11,30-31,34H2,1-5H3,(H,63,73)(H,64,70)(H,65,72)/b62-33+/t36-,46+,49-,56+/m0/s1. The summed E-state index contributed by atoms with van der Waals surface area (Å²) in [6, 6.07) is 30.9. The summed E-state index contributed by atoms with van der Waals surface area (Å²) in [7, 11) is 0. The molecule has 5 aromatic carbocycles. The second-order valence-electron chi connectivity index (χ2n) is 20.5. The third kappa shape index (κ3) is 14.0. The van der Waals surface area contributed by atoms with Gasteiger partial charge in [-0.2, -0.15) is 5.10 Å². The first-order chi connectivity index (χ1) is 36.9. The van der Waals surface area contributed by atoms with Crippen molar-refractivity contribution in [2.45, 2.75) is 104 Å². The van der Waals surface area contributed by atoms with Gasteiger partial charge in [-0.1, -0.05) is 76.4 Å². The lowest BCUT2D eigenvalue weighted by Gasteiger charge is -2.35. The molecule has 17 heteroatoms. The van der Waals surface area contributed by atoms with Crippen LogP contribution in [0.5, 0.6) is 17.2 Å². The van der Waals surface area contributed by atoms with Crippen LogP contribution in [0.15, 0.2) is 126 Å². The fourth-order valence-corrected chi connectivity index (χ4v) is 11.3. The zero-order chi connectivity index (χ0) is 54.8. The van der Waals surface area contributed by atoms with Crippen LogP contribution in [0.3, 0.4) is 0 Å². The highest BCUT2D eigenvalue weighted by atomic mass is 32.1. The molecular weight excluding hydrogens is 1010 g/mol. The third-order valence-electron chi connectivity index (χ3n) is 13.6. The normalized spacial score (nSPS) is 15.3. The molecule has 0 saturated carbocycles. The van der Waals surface area contributed by atoms with Crippen LogP contribution in [0.4, 0.5) is 0 Å². The molecule has 0 unspecified atom stereocenters. The number of ketones is 1. The Labute approximate surface area is 456 Å². The van der Waals surface area contributed by atoms with E-state index >= 15 is 0 Å². The van der Waals surface area contributed by atoms with Crippen molar-refractivity contribution in [3.05, 3.63) is 154 Å². The van der Waals surface area contributed by atoms with Gasteiger partial charge in [-0.25, -0.2) is 10.4 Å². The molecule has 2 aromatic heterocycles. The summed E-state index contributed by atoms with van der Waals surface area (Å²) in [5, 5.41) is 41.4. The number of carbonyl (C=O) groups is 5. The Hall–Kier alpha value is -7.73. The molecule has 400 valence electrons. The van der Waals surface area contributed by atoms with Gasteiger partial charge < -0.3 is 35.6 Å². The van der Waals surface area contributed by atoms with Crippen molar-refractivity contribution in [2.24, 2.45) is 10.5 Å². The Kier molecular flexibility index (Phi) is 18.0. The number of nitrogens with zero attached hydrogens (tertiary/aromatic N) is 3. The number of aliphatic hydroxyl groups is 1. The number of phenols is 2. The first kappa shape index (κ1) is 55.5. The van der Waals surface area contributed by atoms with Crippen LogP contribution in [0.1, 0.15) is 122 Å². The lowest BCUT2D eigenvalue weighted by atomic mass is 9.85. The number of phenolic OH excluding ortho intramolecular Hbond substituents is 2. The van der Waals surface area contributed by atoms with E-state index in [1.54, 1.807) is 72.0 Å². The summed E-state index contributed by atoms with van der Waals surface area (Å²) in [5.41, 5.74) is 9.28. The SMILES string of the molecule is Cc1ncsc1-c1ccc([C@H](C)NC(=O)[C@@H]2C[C@@H](O)CN2C(=O)[C@@H](NC(=O)CCCCCCCOc2ccc(/C=N/NC(=O)c3ccc(C(=O)c4c(-c5ccc(O)cc5)sc5cc(O)ccc45)cc3)cc2)C(C)(C)C)cc1. The molecule has 8 rings (SSSR count). The second kappa shape index (κ2) is 25.0. The highest BCUT2D eigenvalue weighted by Crippen LogP contribution is 2.42. The summed E-state index contributed by atoms with van der Waals surface area (Å²) in [6.45, 7) is 10.0. The number of hydrogen-bond donors (Lipinski definition) is 6. The molecule has 0 spiro atoms. The van der Waals surface area contributed by atoms with Crippen LogP contribution in [0.25, 0.3) is 31.0 Å². The van der Waals surface area contributed by atoms with Crippen LogP contribution in [-0.2, 0) is 14.4 Å². The predicted octanol–water partition coefficient (Wildman–Crippen LogP) is 10.5. The van der Waals surface area contributed by atoms with Crippen molar-refractivity contribution >= 4 is 68.4 Å². The summed E-state index contributed by atoms with van der Waals surface area (Å²) >= 11 is 2.95. The van der Waals surface area contributed by atoms with Crippen LogP contribution in [0, 0.1) is 12.3 Å². The maximum atomic E-state index is 14.1. The Morgan fingerprint density at radius 3 is 2.14 bits per heavy atom. The number of thiophene rings is 1. The summed E-state index contributed by atoms with van der Waals surface area (Å²) < 4.78 is 6.69. The number of carbonyl (C=O) groups excluding carboxylic acids is 5. The van der Waals surface area contributed by atoms with Gasteiger partial charge in [0.15, 0.2) is 5.78 Å². The van der Waals surface area contributed by atoms with E-state index in [2.05, 4.69) is 26.1 Å². The van der Waals surface area contributed by atoms with Crippen molar-refractivity contribution in [1.29, 1.82) is 0 Å². The molecule has 0 radical (unpaired) electrons. The number of aliphatic hydroxyl groups excluding tert-OH is 1. The van der Waals surface area contributed by atoms with Crippen LogP contribution in [0.2, 0.25) is 0 Å². The molecule has 1 aliphatic rings. The van der Waals surface area contributed by atoms with Crippen molar-refractivity contribution in [3.8, 4) is 38.1 Å². The molecule has 1 saturated heterocycles. The number of rotatable bonds is 21. The largest absolute Gasteiger partial charge is 0.508 e. The van der Waals surface area contributed by atoms with E-state index in [0.717, 1.165) is 63.2 Å². The van der Waals surface area contributed by atoms with Gasteiger partial charge in [0.05, 0.1) is 41.0 Å². The fourth-order valence-electron chi connectivity index (χ4n) is 9.28. The van der Waals surface area contributed by atoms with Gasteiger partial charge in [-0.05, 0) is 133 Å². The number of thiazole rings is 1. The predicted molar refractivity (Wildman–Crippen MR) is 302 cm³/mol. The Morgan fingerprint density at radius 1 is 0.805 bits per heavy atom. The number of amides is 4. The van der Waals surface area contributed by atoms with E-state index in [9.17, 15) is 39.3 Å². The zero-order valence-corrected chi connectivity index (χ0v) is 45.4. The highest BCUT2D eigenvalue weighted by molar-refractivity contribution is 7.22. The quantitative estimate of drug-likeness (QED) is 0.0173. The van der Waals surface area contributed by atoms with E-state index in [1.807, 2.05) is 88.7 Å². The molecule has 4 atom stereocenters. The van der Waals surface area contributed by atoms with E-state index in [0.29, 0.717) is 45.7 Å². The van der Waals surface area contributed by atoms with Crippen molar-refractivity contribution < 1.29 is 44.0 Å². The van der Waals surface area contributed by atoms with Crippen molar-refractivity contribution in [3.63, 3.8) is 0 Å². The van der Waals surface area contributed by atoms with Gasteiger partial charge in [0, 0.05) is 51.0 Å². The maximum Gasteiger partial charge on any atom is 0.271 e. The van der Waals surface area contributed by atoms with E-state index < -0.39 is 29.5 Å². The van der Waals surface area contributed by atoms with Gasteiger partial charge in [0.2, 0.25) is 17.7 Å². The summed E-state index contributed by atoms with van der Waals surface area (Å²) in [5.74, 6) is -0.781. The molecular formula is C60H64N6O9S2. The van der Waals surface area contributed by atoms with Gasteiger partial charge in [-0.15, -0.1) is 22.7 Å². The molecule has 0 bridgehead atoms. The Bertz CT molecular complexity index is 3240. The molecule has 15 nitrogen and oxygen atoms in total. The van der Waals surface area contributed by atoms with E-state index in [-0.39, 0.29) is 60.4 Å². The summed E-state index contributed by atoms with van der Waals surface area (Å²) in [6.07, 6.45) is 5.13. The number of aromatic hydroxyl groups is 2. The zero-order valence-electron chi connectivity index (χ0n) is 43.7. The van der Waals surface area contributed by atoms with Crippen LogP contribution >= 0.6 is 22.7 Å². The molecule has 1 fully saturated rings. The number of benzene rings is 5. The number of β-amino-alcohol motifs (C(OH)–C–C–N with tert-alkyl or cyclic N) is 1. The van der Waals surface area contributed by atoms with Crippen molar-refractivity contribution in [1.82, 2.24) is 25.9 Å². The Morgan fingerprint density at radius 2 is 1.45 bits per heavy atom. The van der Waals surface area contributed by atoms with Gasteiger partial charge in [-0.3, -0.25) is 24.0 Å². The fraction of sp³-hybridized carbons (Fsp3) is 0.317. The number of aryl methyl sites for hydroxylation is 1. The first-order valence-electron chi connectivity index (χ1n) is 25.8. The first-order valence-corrected chi connectivity index (χ1v) is 27.5. The minimum atomic E-state index is -0.890. The minimum absolute atomic E-state index is 0.00470. The highest BCUT2D eigenvalue weighted by Gasteiger charge is 2.44. The van der Waals surface area contributed by atoms with Gasteiger partial charge in [0.25, 0.3) is 5.91 Å². The molecule has 7 aromatic rings. The van der Waals surface area contributed by atoms with Gasteiger partial charge in [0.1, 0.15) is 29.3 Å². The average Bonchev–Trinajstić information content (AvgIpc) is 4.15. The topological polar surface area (TPSA) is 220 Å². The second-order valence-corrected chi connectivity index (χ2v) is 22.4. The average molecular weight is 1080 g/mol. The molecule has 77 heavy (non-hydrogen) atoms. The van der Waals surface area contributed by atoms with Crippen LogP contribution in [-0.4, -0.2) is 92.2 Å². The minimum Gasteiger partial charge on any atom is -0.508 e. The summed E-state index contributed by atoms with van der Waals surface area (Å²) in [4.78, 5) is 75.5. The number of unbranched alkanes of at least 4 members (excludes halogenated alkanes) is 4. The lowest BCUT2D eigenvalue weighted by molar-refractivity contribution is -0.144.